The molecule has 0 heterocycles. The van der Waals surface area contributed by atoms with E-state index in [4.69, 9.17) is 4.74 Å². The Morgan fingerprint density at radius 1 is 0.773 bits per heavy atom. The number of rotatable bonds is 12. The van der Waals surface area contributed by atoms with Gasteiger partial charge in [-0.3, -0.25) is 4.79 Å². The molecule has 4 nitrogen and oxygen atoms in total. The van der Waals surface area contributed by atoms with Crippen LogP contribution >= 0.6 is 0 Å². The van der Waals surface area contributed by atoms with Gasteiger partial charge < -0.3 is 14.3 Å². The maximum atomic E-state index is 10.9. The molecule has 0 N–H and O–H groups in total. The van der Waals surface area contributed by atoms with Crippen molar-refractivity contribution in [2.75, 3.05) is 0 Å². The molecule has 0 fully saturated rings. The van der Waals surface area contributed by atoms with Crippen LogP contribution in [0.4, 0.5) is 0 Å². The number of benzene rings is 3. The van der Waals surface area contributed by atoms with Gasteiger partial charge in [-0.25, -0.2) is 0 Å². The summed E-state index contributed by atoms with van der Waals surface area (Å²) >= 11 is 0. The predicted molar refractivity (Wildman–Crippen MR) is 184 cm³/mol. The van der Waals surface area contributed by atoms with Crippen LogP contribution in [0.3, 0.4) is 0 Å². The third-order valence-electron chi connectivity index (χ3n) is 7.57. The lowest BCUT2D eigenvalue weighted by atomic mass is 9.80. The van der Waals surface area contributed by atoms with Gasteiger partial charge in [-0.15, -0.1) is 0 Å². The van der Waals surface area contributed by atoms with Gasteiger partial charge in [0.05, 0.1) is 6.10 Å². The summed E-state index contributed by atoms with van der Waals surface area (Å²) in [5.74, 6) is 0.490. The van der Waals surface area contributed by atoms with Gasteiger partial charge in [-0.05, 0) is 71.8 Å². The molecule has 0 spiro atoms. The number of carbonyl (C=O) groups is 3. The first-order valence-corrected chi connectivity index (χ1v) is 15.9. The van der Waals surface area contributed by atoms with Crippen LogP contribution in [0, 0.1) is 11.3 Å². The van der Waals surface area contributed by atoms with E-state index >= 15 is 0 Å². The largest absolute Gasteiger partial charge is 0.463 e. The highest BCUT2D eigenvalue weighted by Crippen LogP contribution is 2.29. The monoisotopic (exact) mass is 600 g/mol. The van der Waals surface area contributed by atoms with Gasteiger partial charge in [0.15, 0.2) is 0 Å². The molecular formula is C40H56O4. The predicted octanol–water partition coefficient (Wildman–Crippen LogP) is 9.51. The average Bonchev–Trinajstić information content (AvgIpc) is 2.98. The molecule has 3 aromatic rings. The molecule has 0 bridgehead atoms. The number of carbonyl (C=O) groups excluding carboxylic acids is 3. The molecule has 4 heteroatoms. The lowest BCUT2D eigenvalue weighted by Crippen LogP contribution is -2.25. The number of esters is 1. The molecule has 0 aliphatic rings. The van der Waals surface area contributed by atoms with Crippen molar-refractivity contribution >= 4 is 18.5 Å². The standard InChI is InChI=1S/C14H20O2.2C13H18O/c1-11(16-12(2)15)10-14(3,4)13-8-6-5-7-9-13;1-10(2)13-6-4-12(5-7-13)8-11(3)9-14;1-4-11-5-7-12(8-6-11)9-13(2,3)10-14/h5-9,11H,10H2,1-4H3;4-7,9-11H,8H2,1-3H3;5-8,10H,4,9H2,1-3H3. The number of hydrogen-bond acceptors (Lipinski definition) is 4. The van der Waals surface area contributed by atoms with E-state index in [2.05, 4.69) is 95.3 Å². The normalized spacial score (nSPS) is 12.5. The van der Waals surface area contributed by atoms with Gasteiger partial charge in [0, 0.05) is 18.3 Å². The molecule has 0 saturated carbocycles. The zero-order valence-corrected chi connectivity index (χ0v) is 28.9. The van der Waals surface area contributed by atoms with Crippen LogP contribution in [0.25, 0.3) is 0 Å². The van der Waals surface area contributed by atoms with Crippen LogP contribution in [0.1, 0.15) is 109 Å². The molecule has 44 heavy (non-hydrogen) atoms. The molecule has 0 aliphatic heterocycles. The second kappa shape index (κ2) is 19.0. The van der Waals surface area contributed by atoms with Crippen LogP contribution in [0.15, 0.2) is 78.9 Å². The van der Waals surface area contributed by atoms with Gasteiger partial charge >= 0.3 is 5.97 Å². The van der Waals surface area contributed by atoms with E-state index in [9.17, 15) is 14.4 Å². The van der Waals surface area contributed by atoms with Crippen molar-refractivity contribution in [3.05, 3.63) is 107 Å². The minimum absolute atomic E-state index is 0.0239. The number of ether oxygens (including phenoxy) is 1. The van der Waals surface area contributed by atoms with E-state index in [1.54, 1.807) is 0 Å². The highest BCUT2D eigenvalue weighted by atomic mass is 16.5. The molecule has 2 unspecified atom stereocenters. The minimum Gasteiger partial charge on any atom is -0.463 e. The van der Waals surface area contributed by atoms with Crippen molar-refractivity contribution < 1.29 is 19.1 Å². The van der Waals surface area contributed by atoms with E-state index in [0.29, 0.717) is 5.92 Å². The fourth-order valence-corrected chi connectivity index (χ4v) is 4.97. The van der Waals surface area contributed by atoms with Crippen molar-refractivity contribution in [3.63, 3.8) is 0 Å². The van der Waals surface area contributed by atoms with Gasteiger partial charge in [0.1, 0.15) is 12.6 Å². The fraction of sp³-hybridized carbons (Fsp3) is 0.475. The smallest absolute Gasteiger partial charge is 0.302 e. The molecule has 3 rings (SSSR count). The summed E-state index contributed by atoms with van der Waals surface area (Å²) in [6, 6.07) is 27.3. The van der Waals surface area contributed by atoms with Crippen LogP contribution in [-0.4, -0.2) is 24.6 Å². The molecule has 0 radical (unpaired) electrons. The first kappa shape index (κ1) is 38.5. The van der Waals surface area contributed by atoms with E-state index in [0.717, 1.165) is 38.3 Å². The Hall–Kier alpha value is -3.53. The summed E-state index contributed by atoms with van der Waals surface area (Å²) in [6.07, 6.45) is 5.56. The molecule has 0 aromatic heterocycles. The molecule has 2 atom stereocenters. The fourth-order valence-electron chi connectivity index (χ4n) is 4.97. The van der Waals surface area contributed by atoms with Crippen LogP contribution in [0.2, 0.25) is 0 Å². The Kier molecular flexibility index (Phi) is 16.6. The van der Waals surface area contributed by atoms with Gasteiger partial charge in [-0.2, -0.15) is 0 Å². The Bertz CT molecular complexity index is 1240. The van der Waals surface area contributed by atoms with E-state index < -0.39 is 0 Å². The maximum absolute atomic E-state index is 10.9. The summed E-state index contributed by atoms with van der Waals surface area (Å²) in [7, 11) is 0. The lowest BCUT2D eigenvalue weighted by Gasteiger charge is -2.28. The molecule has 0 amide bonds. The Morgan fingerprint density at radius 2 is 1.30 bits per heavy atom. The van der Waals surface area contributed by atoms with Gasteiger partial charge in [0.2, 0.25) is 0 Å². The molecule has 240 valence electrons. The highest BCUT2D eigenvalue weighted by molar-refractivity contribution is 5.66. The first-order chi connectivity index (χ1) is 20.6. The van der Waals surface area contributed by atoms with Crippen molar-refractivity contribution in [1.29, 1.82) is 0 Å². The highest BCUT2D eigenvalue weighted by Gasteiger charge is 2.24. The number of aryl methyl sites for hydroxylation is 1. The second-order valence-corrected chi connectivity index (χ2v) is 13.5. The van der Waals surface area contributed by atoms with Crippen molar-refractivity contribution in [2.24, 2.45) is 11.3 Å². The minimum atomic E-state index is -0.242. The third-order valence-corrected chi connectivity index (χ3v) is 7.57. The molecule has 3 aromatic carbocycles. The molecular weight excluding hydrogens is 544 g/mol. The summed E-state index contributed by atoms with van der Waals surface area (Å²) in [5, 5.41) is 0. The maximum Gasteiger partial charge on any atom is 0.302 e. The van der Waals surface area contributed by atoms with Crippen molar-refractivity contribution in [3.8, 4) is 0 Å². The SMILES string of the molecule is CC(=O)OC(C)CC(C)(C)c1ccccc1.CC(C=O)Cc1ccc(C(C)C)cc1.CCc1ccc(CC(C)(C)C=O)cc1. The first-order valence-electron chi connectivity index (χ1n) is 15.9. The summed E-state index contributed by atoms with van der Waals surface area (Å²) in [4.78, 5) is 32.1. The Balaban J connectivity index is 0.000000331. The van der Waals surface area contributed by atoms with Crippen LogP contribution in [-0.2, 0) is 43.8 Å². The summed E-state index contributed by atoms with van der Waals surface area (Å²) in [6.45, 7) is 20.1. The second-order valence-electron chi connectivity index (χ2n) is 13.5. The zero-order valence-electron chi connectivity index (χ0n) is 28.9. The number of hydrogen-bond donors (Lipinski definition) is 0. The number of aldehydes is 2. The van der Waals surface area contributed by atoms with Gasteiger partial charge in [-0.1, -0.05) is 134 Å². The van der Waals surface area contributed by atoms with Crippen LogP contribution < -0.4 is 0 Å². The molecule has 0 aliphatic carbocycles. The van der Waals surface area contributed by atoms with E-state index in [-0.39, 0.29) is 28.8 Å². The average molecular weight is 601 g/mol. The third kappa shape index (κ3) is 15.3. The Labute approximate surface area is 267 Å². The Morgan fingerprint density at radius 3 is 1.75 bits per heavy atom. The zero-order chi connectivity index (χ0) is 33.3. The quantitative estimate of drug-likeness (QED) is 0.153. The molecule has 0 saturated heterocycles. The van der Waals surface area contributed by atoms with E-state index in [1.807, 2.05) is 45.9 Å². The van der Waals surface area contributed by atoms with Crippen molar-refractivity contribution in [1.82, 2.24) is 0 Å². The topological polar surface area (TPSA) is 60.4 Å². The summed E-state index contributed by atoms with van der Waals surface area (Å²) in [5.41, 5.74) is 6.23. The van der Waals surface area contributed by atoms with E-state index in [1.165, 1.54) is 34.7 Å². The summed E-state index contributed by atoms with van der Waals surface area (Å²) < 4.78 is 5.17. The van der Waals surface area contributed by atoms with Gasteiger partial charge in [0.25, 0.3) is 0 Å². The van der Waals surface area contributed by atoms with Crippen LogP contribution in [0.5, 0.6) is 0 Å². The van der Waals surface area contributed by atoms with Crippen molar-refractivity contribution in [2.45, 2.75) is 112 Å². The lowest BCUT2D eigenvalue weighted by molar-refractivity contribution is -0.146.